The number of hydrogen-bond donors (Lipinski definition) is 4. The zero-order chi connectivity index (χ0) is 20.9. The Morgan fingerprint density at radius 3 is 2.90 bits per heavy atom. The maximum atomic E-state index is 8.85. The van der Waals surface area contributed by atoms with Gasteiger partial charge in [0.15, 0.2) is 0 Å². The molecule has 30 heavy (non-hydrogen) atoms. The second-order valence-corrected chi connectivity index (χ2v) is 7.82. The van der Waals surface area contributed by atoms with Crippen molar-refractivity contribution in [3.63, 3.8) is 0 Å². The molecule has 0 aliphatic carbocycles. The number of benzene rings is 1. The SMILES string of the molecule is N#Cc1ccc(NCCN=C2NC(c3ccc(Cl)cc3Cl)NC3=C2CCNC3)nc1. The van der Waals surface area contributed by atoms with Gasteiger partial charge in [-0.25, -0.2) is 4.98 Å². The first-order chi connectivity index (χ1) is 14.6. The van der Waals surface area contributed by atoms with Gasteiger partial charge >= 0.3 is 0 Å². The highest BCUT2D eigenvalue weighted by atomic mass is 35.5. The molecule has 0 radical (unpaired) electrons. The van der Waals surface area contributed by atoms with Crippen LogP contribution in [-0.4, -0.2) is 37.0 Å². The first-order valence-corrected chi connectivity index (χ1v) is 10.5. The van der Waals surface area contributed by atoms with Gasteiger partial charge in [0.25, 0.3) is 0 Å². The maximum absolute atomic E-state index is 8.85. The van der Waals surface area contributed by atoms with Crippen molar-refractivity contribution in [2.24, 2.45) is 4.99 Å². The summed E-state index contributed by atoms with van der Waals surface area (Å²) in [7, 11) is 0. The van der Waals surface area contributed by atoms with Crippen LogP contribution in [0.1, 0.15) is 23.7 Å². The van der Waals surface area contributed by atoms with E-state index >= 15 is 0 Å². The van der Waals surface area contributed by atoms with Crippen molar-refractivity contribution in [3.8, 4) is 6.07 Å². The van der Waals surface area contributed by atoms with Crippen LogP contribution in [0.3, 0.4) is 0 Å². The summed E-state index contributed by atoms with van der Waals surface area (Å²) in [5, 5.41) is 23.7. The second kappa shape index (κ2) is 9.35. The lowest BCUT2D eigenvalue weighted by molar-refractivity contribution is 0.503. The maximum Gasteiger partial charge on any atom is 0.127 e. The molecular formula is C21H21Cl2N7. The van der Waals surface area contributed by atoms with Crippen LogP contribution in [0.4, 0.5) is 5.82 Å². The van der Waals surface area contributed by atoms with Gasteiger partial charge in [-0.2, -0.15) is 5.26 Å². The van der Waals surface area contributed by atoms with E-state index in [0.29, 0.717) is 28.7 Å². The Kier molecular flexibility index (Phi) is 6.38. The third kappa shape index (κ3) is 4.68. The molecule has 2 aliphatic rings. The number of pyridine rings is 1. The molecule has 0 saturated heterocycles. The van der Waals surface area contributed by atoms with Crippen LogP contribution in [0, 0.1) is 11.3 Å². The highest BCUT2D eigenvalue weighted by Gasteiger charge is 2.28. The van der Waals surface area contributed by atoms with Crippen LogP contribution in [0.5, 0.6) is 0 Å². The van der Waals surface area contributed by atoms with Crippen molar-refractivity contribution in [3.05, 3.63) is 69.0 Å². The number of nitriles is 1. The molecule has 0 fully saturated rings. The van der Waals surface area contributed by atoms with E-state index in [1.165, 1.54) is 5.57 Å². The van der Waals surface area contributed by atoms with Gasteiger partial charge in [-0.1, -0.05) is 29.3 Å². The summed E-state index contributed by atoms with van der Waals surface area (Å²) in [5.41, 5.74) is 3.80. The van der Waals surface area contributed by atoms with Gasteiger partial charge in [0.2, 0.25) is 0 Å². The molecule has 4 rings (SSSR count). The summed E-state index contributed by atoms with van der Waals surface area (Å²) >= 11 is 12.5. The number of nitrogens with one attached hydrogen (secondary N) is 4. The van der Waals surface area contributed by atoms with E-state index in [9.17, 15) is 0 Å². The van der Waals surface area contributed by atoms with Crippen LogP contribution in [-0.2, 0) is 0 Å². The van der Waals surface area contributed by atoms with Gasteiger partial charge in [0.1, 0.15) is 23.9 Å². The Morgan fingerprint density at radius 1 is 1.23 bits per heavy atom. The molecule has 154 valence electrons. The predicted octanol–water partition coefficient (Wildman–Crippen LogP) is 3.21. The summed E-state index contributed by atoms with van der Waals surface area (Å²) in [6.45, 7) is 2.90. The largest absolute Gasteiger partial charge is 0.368 e. The number of halogens is 2. The number of amidine groups is 1. The van der Waals surface area contributed by atoms with E-state index in [0.717, 1.165) is 42.4 Å². The van der Waals surface area contributed by atoms with Gasteiger partial charge < -0.3 is 21.3 Å². The average Bonchev–Trinajstić information content (AvgIpc) is 2.77. The Morgan fingerprint density at radius 2 is 2.13 bits per heavy atom. The first kappa shape index (κ1) is 20.5. The number of aromatic nitrogens is 1. The van der Waals surface area contributed by atoms with Gasteiger partial charge in [0, 0.05) is 46.2 Å². The fraction of sp³-hybridized carbons (Fsp3) is 0.286. The van der Waals surface area contributed by atoms with Gasteiger partial charge in [-0.15, -0.1) is 0 Å². The Bertz CT molecular complexity index is 1020. The Hall–Kier alpha value is -2.79. The van der Waals surface area contributed by atoms with Crippen molar-refractivity contribution in [1.82, 2.24) is 20.9 Å². The minimum Gasteiger partial charge on any atom is -0.368 e. The number of nitrogens with zero attached hydrogens (tertiary/aromatic N) is 3. The lowest BCUT2D eigenvalue weighted by atomic mass is 10.0. The molecule has 1 unspecified atom stereocenters. The van der Waals surface area contributed by atoms with Crippen molar-refractivity contribution in [2.45, 2.75) is 12.6 Å². The molecule has 4 N–H and O–H groups in total. The van der Waals surface area contributed by atoms with Crippen LogP contribution in [0.15, 0.2) is 52.8 Å². The highest BCUT2D eigenvalue weighted by Crippen LogP contribution is 2.29. The lowest BCUT2D eigenvalue weighted by Gasteiger charge is -2.35. The van der Waals surface area contributed by atoms with Gasteiger partial charge in [-0.3, -0.25) is 4.99 Å². The smallest absolute Gasteiger partial charge is 0.127 e. The van der Waals surface area contributed by atoms with Crippen molar-refractivity contribution >= 4 is 34.9 Å². The average molecular weight is 442 g/mol. The zero-order valence-corrected chi connectivity index (χ0v) is 17.7. The molecule has 7 nitrogen and oxygen atoms in total. The minimum absolute atomic E-state index is 0.180. The second-order valence-electron chi connectivity index (χ2n) is 6.97. The third-order valence-electron chi connectivity index (χ3n) is 4.96. The van der Waals surface area contributed by atoms with E-state index in [2.05, 4.69) is 32.3 Å². The van der Waals surface area contributed by atoms with Crippen molar-refractivity contribution in [1.29, 1.82) is 5.26 Å². The fourth-order valence-electron chi connectivity index (χ4n) is 3.47. The first-order valence-electron chi connectivity index (χ1n) is 9.69. The fourth-order valence-corrected chi connectivity index (χ4v) is 3.98. The molecule has 1 aromatic carbocycles. The topological polar surface area (TPSA) is 97.2 Å². The van der Waals surface area contributed by atoms with E-state index in [4.69, 9.17) is 33.5 Å². The number of rotatable bonds is 5. The van der Waals surface area contributed by atoms with Crippen LogP contribution in [0.2, 0.25) is 10.0 Å². The van der Waals surface area contributed by atoms with Crippen molar-refractivity contribution < 1.29 is 0 Å². The molecule has 0 spiro atoms. The molecular weight excluding hydrogens is 421 g/mol. The highest BCUT2D eigenvalue weighted by molar-refractivity contribution is 6.35. The van der Waals surface area contributed by atoms with Gasteiger partial charge in [-0.05, 0) is 37.2 Å². The van der Waals surface area contributed by atoms with Crippen LogP contribution in [0.25, 0.3) is 0 Å². The molecule has 0 saturated carbocycles. The van der Waals surface area contributed by atoms with Crippen LogP contribution >= 0.6 is 23.2 Å². The summed E-state index contributed by atoms with van der Waals surface area (Å²) in [6.07, 6.45) is 2.27. The summed E-state index contributed by atoms with van der Waals surface area (Å²) in [4.78, 5) is 9.02. The monoisotopic (exact) mass is 441 g/mol. The minimum atomic E-state index is -0.180. The van der Waals surface area contributed by atoms with Gasteiger partial charge in [0.05, 0.1) is 12.1 Å². The molecule has 0 amide bonds. The number of aliphatic imine (C=N–C) groups is 1. The van der Waals surface area contributed by atoms with E-state index in [1.807, 2.05) is 12.1 Å². The zero-order valence-electron chi connectivity index (χ0n) is 16.2. The molecule has 0 bridgehead atoms. The molecule has 1 aromatic heterocycles. The Balaban J connectivity index is 1.47. The molecule has 2 aromatic rings. The Labute approximate surface area is 185 Å². The van der Waals surface area contributed by atoms with Crippen LogP contribution < -0.4 is 21.3 Å². The quantitative estimate of drug-likeness (QED) is 0.531. The molecule has 3 heterocycles. The standard InChI is InChI=1S/C21H21Cl2N7/c22-14-2-3-15(17(23)9-14)21-29-18-12-25-6-5-16(18)20(30-21)27-8-7-26-19-4-1-13(10-24)11-28-19/h1-4,9,11,21,25,29H,5-8,12H2,(H,26,28)(H,27,30). The summed E-state index contributed by atoms with van der Waals surface area (Å²) < 4.78 is 0. The summed E-state index contributed by atoms with van der Waals surface area (Å²) in [6, 6.07) is 11.1. The van der Waals surface area contributed by atoms with E-state index < -0.39 is 0 Å². The lowest BCUT2D eigenvalue weighted by Crippen LogP contribution is -2.49. The predicted molar refractivity (Wildman–Crippen MR) is 120 cm³/mol. The number of hydrogen-bond acceptors (Lipinski definition) is 6. The van der Waals surface area contributed by atoms with Crippen molar-refractivity contribution in [2.75, 3.05) is 31.5 Å². The molecule has 2 aliphatic heterocycles. The van der Waals surface area contributed by atoms with E-state index in [-0.39, 0.29) is 6.17 Å². The summed E-state index contributed by atoms with van der Waals surface area (Å²) in [5.74, 6) is 1.61. The molecule has 1 atom stereocenters. The third-order valence-corrected chi connectivity index (χ3v) is 5.52. The normalized spacial score (nSPS) is 19.5. The molecule has 9 heteroatoms. The van der Waals surface area contributed by atoms with E-state index in [1.54, 1.807) is 24.4 Å². The number of anilines is 1.